The molecule has 0 spiro atoms. The fourth-order valence-electron chi connectivity index (χ4n) is 1.70. The summed E-state index contributed by atoms with van der Waals surface area (Å²) in [5.74, 6) is 0.503. The Hall–Kier alpha value is -2.12. The predicted octanol–water partition coefficient (Wildman–Crippen LogP) is 1.56. The number of rotatable bonds is 6. The van der Waals surface area contributed by atoms with Crippen molar-refractivity contribution in [2.24, 2.45) is 0 Å². The highest BCUT2D eigenvalue weighted by Crippen LogP contribution is 2.19. The van der Waals surface area contributed by atoms with Crippen molar-refractivity contribution in [3.05, 3.63) is 48.3 Å². The standard InChI is InChI=1S/C14H16N2O4S/c1-11-10-12(6-7-15-11)16-21(18,19)14-4-2-13(3-5-14)20-9-8-17/h2-7,10,17H,8-9H2,1H3,(H,15,16). The highest BCUT2D eigenvalue weighted by atomic mass is 32.2. The van der Waals surface area contributed by atoms with Gasteiger partial charge in [-0.15, -0.1) is 0 Å². The van der Waals surface area contributed by atoms with Gasteiger partial charge in [-0.2, -0.15) is 0 Å². The number of benzene rings is 1. The van der Waals surface area contributed by atoms with Crippen LogP contribution in [0.25, 0.3) is 0 Å². The molecule has 112 valence electrons. The molecule has 0 aliphatic heterocycles. The second-order valence-corrected chi connectivity index (χ2v) is 6.02. The Morgan fingerprint density at radius 1 is 1.24 bits per heavy atom. The summed E-state index contributed by atoms with van der Waals surface area (Å²) in [7, 11) is -3.65. The topological polar surface area (TPSA) is 88.5 Å². The van der Waals surface area contributed by atoms with Gasteiger partial charge in [0, 0.05) is 11.9 Å². The molecule has 0 aliphatic rings. The van der Waals surface area contributed by atoms with Crippen LogP contribution in [-0.2, 0) is 10.0 Å². The van der Waals surface area contributed by atoms with Gasteiger partial charge in [0.2, 0.25) is 0 Å². The molecule has 21 heavy (non-hydrogen) atoms. The lowest BCUT2D eigenvalue weighted by Crippen LogP contribution is -2.13. The lowest BCUT2D eigenvalue weighted by atomic mass is 10.3. The van der Waals surface area contributed by atoms with E-state index in [1.54, 1.807) is 37.4 Å². The Morgan fingerprint density at radius 3 is 2.57 bits per heavy atom. The normalized spacial score (nSPS) is 11.1. The number of ether oxygens (including phenoxy) is 1. The van der Waals surface area contributed by atoms with Gasteiger partial charge in [0.25, 0.3) is 10.0 Å². The van der Waals surface area contributed by atoms with Gasteiger partial charge < -0.3 is 9.84 Å². The van der Waals surface area contributed by atoms with Crippen molar-refractivity contribution in [2.75, 3.05) is 17.9 Å². The summed E-state index contributed by atoms with van der Waals surface area (Å²) >= 11 is 0. The van der Waals surface area contributed by atoms with Crippen LogP contribution >= 0.6 is 0 Å². The minimum atomic E-state index is -3.65. The highest BCUT2D eigenvalue weighted by Gasteiger charge is 2.14. The Kier molecular flexibility index (Phi) is 4.77. The fourth-order valence-corrected chi connectivity index (χ4v) is 2.75. The van der Waals surface area contributed by atoms with E-state index >= 15 is 0 Å². The van der Waals surface area contributed by atoms with Crippen molar-refractivity contribution in [1.82, 2.24) is 4.98 Å². The van der Waals surface area contributed by atoms with Crippen LogP contribution in [0.5, 0.6) is 5.75 Å². The molecule has 1 heterocycles. The van der Waals surface area contributed by atoms with Crippen molar-refractivity contribution in [1.29, 1.82) is 0 Å². The summed E-state index contributed by atoms with van der Waals surface area (Å²) in [6, 6.07) is 9.22. The van der Waals surface area contributed by atoms with Gasteiger partial charge >= 0.3 is 0 Å². The van der Waals surface area contributed by atoms with Crippen molar-refractivity contribution < 1.29 is 18.3 Å². The smallest absolute Gasteiger partial charge is 0.261 e. The van der Waals surface area contributed by atoms with Crippen LogP contribution in [0.2, 0.25) is 0 Å². The average Bonchev–Trinajstić information content (AvgIpc) is 2.45. The number of aromatic nitrogens is 1. The quantitative estimate of drug-likeness (QED) is 0.845. The summed E-state index contributed by atoms with van der Waals surface area (Å²) in [5, 5.41) is 8.66. The summed E-state index contributed by atoms with van der Waals surface area (Å²) in [5.41, 5.74) is 1.19. The number of aliphatic hydroxyl groups is 1. The van der Waals surface area contributed by atoms with E-state index in [0.29, 0.717) is 11.4 Å². The number of sulfonamides is 1. The molecule has 2 aromatic rings. The number of anilines is 1. The molecule has 0 atom stereocenters. The van der Waals surface area contributed by atoms with E-state index in [1.807, 2.05) is 0 Å². The van der Waals surface area contributed by atoms with E-state index in [-0.39, 0.29) is 18.1 Å². The Balaban J connectivity index is 2.15. The minimum Gasteiger partial charge on any atom is -0.491 e. The zero-order chi connectivity index (χ0) is 15.3. The van der Waals surface area contributed by atoms with Crippen molar-refractivity contribution >= 4 is 15.7 Å². The molecule has 0 saturated carbocycles. The first-order chi connectivity index (χ1) is 10.0. The third kappa shape index (κ3) is 4.17. The van der Waals surface area contributed by atoms with Crippen LogP contribution < -0.4 is 9.46 Å². The fraction of sp³-hybridized carbons (Fsp3) is 0.214. The molecule has 2 N–H and O–H groups in total. The van der Waals surface area contributed by atoms with Crippen molar-refractivity contribution in [3.63, 3.8) is 0 Å². The van der Waals surface area contributed by atoms with Crippen LogP contribution in [0, 0.1) is 6.92 Å². The summed E-state index contributed by atoms with van der Waals surface area (Å²) in [6.07, 6.45) is 1.54. The molecule has 0 unspecified atom stereocenters. The second kappa shape index (κ2) is 6.55. The van der Waals surface area contributed by atoms with Crippen LogP contribution in [0.4, 0.5) is 5.69 Å². The summed E-state index contributed by atoms with van der Waals surface area (Å²) < 4.78 is 32.1. The SMILES string of the molecule is Cc1cc(NS(=O)(=O)c2ccc(OCCO)cc2)ccn1. The molecule has 6 nitrogen and oxygen atoms in total. The van der Waals surface area contributed by atoms with E-state index in [0.717, 1.165) is 5.69 Å². The third-order valence-corrected chi connectivity index (χ3v) is 4.04. The van der Waals surface area contributed by atoms with Crippen LogP contribution in [-0.4, -0.2) is 31.7 Å². The molecule has 0 aliphatic carbocycles. The number of pyridine rings is 1. The van der Waals surface area contributed by atoms with E-state index in [1.165, 1.54) is 12.1 Å². The maximum Gasteiger partial charge on any atom is 0.261 e. The van der Waals surface area contributed by atoms with Crippen molar-refractivity contribution in [2.45, 2.75) is 11.8 Å². The van der Waals surface area contributed by atoms with E-state index in [2.05, 4.69) is 9.71 Å². The lowest BCUT2D eigenvalue weighted by Gasteiger charge is -2.09. The van der Waals surface area contributed by atoms with Gasteiger partial charge in [-0.3, -0.25) is 9.71 Å². The maximum absolute atomic E-state index is 12.2. The zero-order valence-electron chi connectivity index (χ0n) is 11.5. The third-order valence-electron chi connectivity index (χ3n) is 2.64. The number of hydrogen-bond donors (Lipinski definition) is 2. The van der Waals surface area contributed by atoms with E-state index < -0.39 is 10.0 Å². The van der Waals surface area contributed by atoms with Crippen LogP contribution in [0.1, 0.15) is 5.69 Å². The van der Waals surface area contributed by atoms with Crippen LogP contribution in [0.3, 0.4) is 0 Å². The van der Waals surface area contributed by atoms with Gasteiger partial charge in [0.15, 0.2) is 0 Å². The first-order valence-corrected chi connectivity index (χ1v) is 7.79. The molecule has 1 aromatic heterocycles. The Bertz CT molecular complexity index is 699. The minimum absolute atomic E-state index is 0.0942. The Morgan fingerprint density at radius 2 is 1.95 bits per heavy atom. The first kappa shape index (κ1) is 15.3. The number of nitrogens with zero attached hydrogens (tertiary/aromatic N) is 1. The predicted molar refractivity (Wildman–Crippen MR) is 78.8 cm³/mol. The van der Waals surface area contributed by atoms with Gasteiger partial charge in [0.1, 0.15) is 12.4 Å². The number of aliphatic hydroxyl groups excluding tert-OH is 1. The second-order valence-electron chi connectivity index (χ2n) is 4.33. The largest absolute Gasteiger partial charge is 0.491 e. The molecule has 0 fully saturated rings. The number of nitrogens with one attached hydrogen (secondary N) is 1. The molecule has 2 rings (SSSR count). The lowest BCUT2D eigenvalue weighted by molar-refractivity contribution is 0.201. The monoisotopic (exact) mass is 308 g/mol. The average molecular weight is 308 g/mol. The molecule has 1 aromatic carbocycles. The molecule has 0 amide bonds. The van der Waals surface area contributed by atoms with E-state index in [9.17, 15) is 8.42 Å². The summed E-state index contributed by atoms with van der Waals surface area (Å²) in [6.45, 7) is 1.86. The van der Waals surface area contributed by atoms with Gasteiger partial charge in [-0.05, 0) is 43.3 Å². The highest BCUT2D eigenvalue weighted by molar-refractivity contribution is 7.92. The molecule has 7 heteroatoms. The molecule has 0 saturated heterocycles. The first-order valence-electron chi connectivity index (χ1n) is 6.30. The molecular weight excluding hydrogens is 292 g/mol. The van der Waals surface area contributed by atoms with Gasteiger partial charge in [0.05, 0.1) is 17.2 Å². The van der Waals surface area contributed by atoms with Gasteiger partial charge in [-0.25, -0.2) is 8.42 Å². The maximum atomic E-state index is 12.2. The Labute approximate surface area is 123 Å². The zero-order valence-corrected chi connectivity index (χ0v) is 12.3. The molecule has 0 radical (unpaired) electrons. The molecule has 0 bridgehead atoms. The van der Waals surface area contributed by atoms with Crippen LogP contribution in [0.15, 0.2) is 47.5 Å². The van der Waals surface area contributed by atoms with Gasteiger partial charge in [-0.1, -0.05) is 0 Å². The number of aryl methyl sites for hydroxylation is 1. The van der Waals surface area contributed by atoms with E-state index in [4.69, 9.17) is 9.84 Å². The molecular formula is C14H16N2O4S. The number of hydrogen-bond acceptors (Lipinski definition) is 5. The summed E-state index contributed by atoms with van der Waals surface area (Å²) in [4.78, 5) is 4.14. The van der Waals surface area contributed by atoms with Crippen molar-refractivity contribution in [3.8, 4) is 5.75 Å².